The molecule has 114 valence electrons. The van der Waals surface area contributed by atoms with Crippen molar-refractivity contribution in [2.45, 2.75) is 6.92 Å². The van der Waals surface area contributed by atoms with Gasteiger partial charge in [0.05, 0.1) is 11.2 Å². The van der Waals surface area contributed by atoms with Gasteiger partial charge in [-0.25, -0.2) is 4.98 Å². The van der Waals surface area contributed by atoms with Crippen molar-refractivity contribution < 1.29 is 9.47 Å². The summed E-state index contributed by atoms with van der Waals surface area (Å²) >= 11 is 0. The zero-order valence-corrected chi connectivity index (χ0v) is 13.0. The minimum atomic E-state index is 0.603. The Morgan fingerprint density at radius 3 is 2.65 bits per heavy atom. The highest BCUT2D eigenvalue weighted by Crippen LogP contribution is 2.31. The highest BCUT2D eigenvalue weighted by Gasteiger charge is 2.10. The Morgan fingerprint density at radius 2 is 1.74 bits per heavy atom. The molecule has 3 aromatic rings. The number of hydrogen-bond acceptors (Lipinski definition) is 3. The molecule has 0 spiro atoms. The first-order chi connectivity index (χ1) is 11.3. The highest BCUT2D eigenvalue weighted by atomic mass is 16.6. The van der Waals surface area contributed by atoms with E-state index in [0.717, 1.165) is 28.3 Å². The Kier molecular flexibility index (Phi) is 3.46. The van der Waals surface area contributed by atoms with Crippen LogP contribution >= 0.6 is 0 Å². The molecular formula is C20H17NO2. The average Bonchev–Trinajstić information content (AvgIpc) is 2.59. The van der Waals surface area contributed by atoms with E-state index >= 15 is 0 Å². The molecule has 0 saturated carbocycles. The fraction of sp³-hybridized carbons (Fsp3) is 0.150. The van der Waals surface area contributed by atoms with Gasteiger partial charge >= 0.3 is 0 Å². The highest BCUT2D eigenvalue weighted by molar-refractivity contribution is 5.81. The predicted molar refractivity (Wildman–Crippen MR) is 92.8 cm³/mol. The summed E-state index contributed by atoms with van der Waals surface area (Å²) in [6, 6.07) is 16.4. The van der Waals surface area contributed by atoms with Crippen LogP contribution in [-0.4, -0.2) is 18.2 Å². The molecule has 0 unspecified atom stereocenters. The van der Waals surface area contributed by atoms with E-state index in [4.69, 9.17) is 9.47 Å². The van der Waals surface area contributed by atoms with Gasteiger partial charge in [-0.3, -0.25) is 0 Å². The van der Waals surface area contributed by atoms with Crippen molar-refractivity contribution in [1.82, 2.24) is 4.98 Å². The van der Waals surface area contributed by atoms with Gasteiger partial charge in [-0.1, -0.05) is 29.8 Å². The molecule has 2 aromatic carbocycles. The molecule has 0 N–H and O–H groups in total. The first-order valence-electron chi connectivity index (χ1n) is 7.73. The molecule has 2 heterocycles. The zero-order valence-electron chi connectivity index (χ0n) is 13.0. The van der Waals surface area contributed by atoms with Crippen LogP contribution in [0.3, 0.4) is 0 Å². The van der Waals surface area contributed by atoms with Gasteiger partial charge in [0, 0.05) is 5.39 Å². The van der Waals surface area contributed by atoms with Crippen LogP contribution in [0.2, 0.25) is 0 Å². The second kappa shape index (κ2) is 5.76. The van der Waals surface area contributed by atoms with Crippen LogP contribution in [0.4, 0.5) is 0 Å². The Labute approximate surface area is 135 Å². The number of rotatable bonds is 2. The third-order valence-electron chi connectivity index (χ3n) is 3.88. The van der Waals surface area contributed by atoms with Crippen molar-refractivity contribution in [3.63, 3.8) is 0 Å². The van der Waals surface area contributed by atoms with Gasteiger partial charge in [-0.15, -0.1) is 0 Å². The van der Waals surface area contributed by atoms with Gasteiger partial charge in [-0.05, 0) is 48.9 Å². The van der Waals surface area contributed by atoms with E-state index in [1.54, 1.807) is 0 Å². The van der Waals surface area contributed by atoms with Crippen molar-refractivity contribution in [3.05, 3.63) is 65.4 Å². The van der Waals surface area contributed by atoms with E-state index in [9.17, 15) is 0 Å². The molecule has 0 bridgehead atoms. The molecular weight excluding hydrogens is 286 g/mol. The smallest absolute Gasteiger partial charge is 0.161 e. The standard InChI is InChI=1S/C20H17NO2/c1-14-2-8-18-16(12-14)5-7-17(21-18)6-3-15-4-9-19-20(13-15)23-11-10-22-19/h2-9,12-13H,10-11H2,1H3. The molecule has 1 aromatic heterocycles. The molecule has 0 atom stereocenters. The fourth-order valence-corrected chi connectivity index (χ4v) is 2.70. The van der Waals surface area contributed by atoms with Crippen molar-refractivity contribution in [2.24, 2.45) is 0 Å². The summed E-state index contributed by atoms with van der Waals surface area (Å²) in [5.74, 6) is 1.62. The number of aryl methyl sites for hydroxylation is 1. The maximum atomic E-state index is 5.61. The van der Waals surface area contributed by atoms with Gasteiger partial charge in [0.1, 0.15) is 13.2 Å². The maximum absolute atomic E-state index is 5.61. The lowest BCUT2D eigenvalue weighted by Gasteiger charge is -2.18. The number of aromatic nitrogens is 1. The third-order valence-corrected chi connectivity index (χ3v) is 3.88. The number of nitrogens with zero attached hydrogens (tertiary/aromatic N) is 1. The number of hydrogen-bond donors (Lipinski definition) is 0. The topological polar surface area (TPSA) is 31.4 Å². The average molecular weight is 303 g/mol. The second-order valence-corrected chi connectivity index (χ2v) is 5.67. The van der Waals surface area contributed by atoms with Crippen LogP contribution in [0.25, 0.3) is 23.1 Å². The van der Waals surface area contributed by atoms with Crippen LogP contribution < -0.4 is 9.47 Å². The van der Waals surface area contributed by atoms with Gasteiger partial charge in [0.15, 0.2) is 11.5 Å². The first kappa shape index (κ1) is 13.8. The molecule has 0 amide bonds. The van der Waals surface area contributed by atoms with E-state index in [2.05, 4.69) is 36.2 Å². The predicted octanol–water partition coefficient (Wildman–Crippen LogP) is 4.48. The van der Waals surface area contributed by atoms with Crippen molar-refractivity contribution >= 4 is 23.1 Å². The zero-order chi connectivity index (χ0) is 15.6. The largest absolute Gasteiger partial charge is 0.486 e. The quantitative estimate of drug-likeness (QED) is 0.699. The minimum absolute atomic E-state index is 0.603. The lowest BCUT2D eigenvalue weighted by Crippen LogP contribution is -2.15. The summed E-state index contributed by atoms with van der Waals surface area (Å²) < 4.78 is 11.1. The molecule has 4 rings (SSSR count). The number of pyridine rings is 1. The van der Waals surface area contributed by atoms with E-state index in [-0.39, 0.29) is 0 Å². The van der Waals surface area contributed by atoms with Crippen LogP contribution in [-0.2, 0) is 0 Å². The molecule has 3 heteroatoms. The first-order valence-corrected chi connectivity index (χ1v) is 7.73. The molecule has 1 aliphatic heterocycles. The van der Waals surface area contributed by atoms with Crippen LogP contribution in [0.5, 0.6) is 11.5 Å². The summed E-state index contributed by atoms with van der Waals surface area (Å²) in [6.07, 6.45) is 4.06. The Bertz CT molecular complexity index is 899. The lowest BCUT2D eigenvalue weighted by atomic mass is 10.1. The molecule has 0 saturated heterocycles. The Morgan fingerprint density at radius 1 is 0.870 bits per heavy atom. The van der Waals surface area contributed by atoms with Crippen molar-refractivity contribution in [1.29, 1.82) is 0 Å². The molecule has 0 radical (unpaired) electrons. The molecule has 0 aliphatic carbocycles. The number of fused-ring (bicyclic) bond motifs is 2. The van der Waals surface area contributed by atoms with Crippen LogP contribution in [0.1, 0.15) is 16.8 Å². The van der Waals surface area contributed by atoms with Crippen molar-refractivity contribution in [2.75, 3.05) is 13.2 Å². The summed E-state index contributed by atoms with van der Waals surface area (Å²) in [6.45, 7) is 3.31. The third kappa shape index (κ3) is 2.90. The molecule has 1 aliphatic rings. The van der Waals surface area contributed by atoms with Crippen LogP contribution in [0.15, 0.2) is 48.5 Å². The monoisotopic (exact) mass is 303 g/mol. The normalized spacial score (nSPS) is 13.6. The number of benzene rings is 2. The van der Waals surface area contributed by atoms with Gasteiger partial charge in [0.25, 0.3) is 0 Å². The van der Waals surface area contributed by atoms with E-state index in [1.165, 1.54) is 10.9 Å². The Balaban J connectivity index is 1.62. The molecule has 23 heavy (non-hydrogen) atoms. The minimum Gasteiger partial charge on any atom is -0.486 e. The summed E-state index contributed by atoms with van der Waals surface area (Å²) in [7, 11) is 0. The summed E-state index contributed by atoms with van der Waals surface area (Å²) in [5.41, 5.74) is 4.27. The van der Waals surface area contributed by atoms with E-state index < -0.39 is 0 Å². The van der Waals surface area contributed by atoms with Gasteiger partial charge in [0.2, 0.25) is 0 Å². The maximum Gasteiger partial charge on any atom is 0.161 e. The second-order valence-electron chi connectivity index (χ2n) is 5.67. The summed E-state index contributed by atoms with van der Waals surface area (Å²) in [5, 5.41) is 1.17. The van der Waals surface area contributed by atoms with Crippen LogP contribution in [0, 0.1) is 6.92 Å². The van der Waals surface area contributed by atoms with E-state index in [0.29, 0.717) is 13.2 Å². The van der Waals surface area contributed by atoms with Crippen molar-refractivity contribution in [3.8, 4) is 11.5 Å². The fourth-order valence-electron chi connectivity index (χ4n) is 2.70. The Hall–Kier alpha value is -2.81. The van der Waals surface area contributed by atoms with E-state index in [1.807, 2.05) is 36.4 Å². The summed E-state index contributed by atoms with van der Waals surface area (Å²) in [4.78, 5) is 4.68. The molecule has 3 nitrogen and oxygen atoms in total. The van der Waals surface area contributed by atoms with Gasteiger partial charge in [-0.2, -0.15) is 0 Å². The SMILES string of the molecule is Cc1ccc2nc(C=Cc3ccc4c(c3)OCCO4)ccc2c1. The lowest BCUT2D eigenvalue weighted by molar-refractivity contribution is 0.171. The molecule has 0 fully saturated rings. The van der Waals surface area contributed by atoms with Gasteiger partial charge < -0.3 is 9.47 Å². The number of ether oxygens (including phenoxy) is 2.